The zero-order valence-electron chi connectivity index (χ0n) is 30.6. The first kappa shape index (κ1) is 37.5. The summed E-state index contributed by atoms with van der Waals surface area (Å²) in [4.78, 5) is 61.8. The second kappa shape index (κ2) is 14.3. The van der Waals surface area contributed by atoms with Crippen LogP contribution in [0.25, 0.3) is 16.8 Å². The second-order valence-electron chi connectivity index (χ2n) is 16.0. The molecule has 12 nitrogen and oxygen atoms in total. The van der Waals surface area contributed by atoms with Crippen LogP contribution in [0.3, 0.4) is 0 Å². The molecule has 2 aromatic rings. The van der Waals surface area contributed by atoms with Crippen molar-refractivity contribution in [2.75, 3.05) is 20.3 Å². The Hall–Kier alpha value is -4.26. The fourth-order valence-corrected chi connectivity index (χ4v) is 8.79. The normalized spacial score (nSPS) is 29.0. The highest BCUT2D eigenvalue weighted by atomic mass is 32.2. The van der Waals surface area contributed by atoms with Gasteiger partial charge in [0.2, 0.25) is 27.7 Å². The number of sulfonamides is 1. The van der Waals surface area contributed by atoms with E-state index in [0.717, 1.165) is 16.3 Å². The standard InChI is InChI=1S/C39H49N3O9S/c1-7-26-19-39(26,37(46)41-52(47,48)28-11-12-28)20-32(43)31-17-27-21-42(31)36(45)30(38(3,4)5)18-34(44)50-22-23(2)9-8-10-25-15-29-24(16-33(25)49-6)13-14-40-35(29)51-27/h7-8,10,13-16,23,26-28,30-31H,1,9,11-12,17-22H2,2-6H3,(H,41,46)/b10-8+/t23-,26-,27-,30-,31+,39-/m1/s1. The zero-order chi connectivity index (χ0) is 37.6. The number of hydrogen-bond acceptors (Lipinski definition) is 10. The van der Waals surface area contributed by atoms with Crippen LogP contribution in [-0.4, -0.2) is 79.5 Å². The van der Waals surface area contributed by atoms with Gasteiger partial charge in [-0.3, -0.25) is 23.9 Å². The van der Waals surface area contributed by atoms with E-state index in [4.69, 9.17) is 14.2 Å². The number of aromatic nitrogens is 1. The summed E-state index contributed by atoms with van der Waals surface area (Å²) in [5.41, 5.74) is -1.16. The fraction of sp³-hybridized carbons (Fsp3) is 0.564. The predicted molar refractivity (Wildman–Crippen MR) is 195 cm³/mol. The van der Waals surface area contributed by atoms with E-state index in [-0.39, 0.29) is 50.5 Å². The Morgan fingerprint density at radius 3 is 2.62 bits per heavy atom. The molecule has 2 amide bonds. The van der Waals surface area contributed by atoms with Crippen molar-refractivity contribution in [3.63, 3.8) is 0 Å². The van der Waals surface area contributed by atoms with Crippen LogP contribution in [-0.2, 0) is 33.9 Å². The van der Waals surface area contributed by atoms with Crippen molar-refractivity contribution in [1.29, 1.82) is 0 Å². The number of ketones is 1. The van der Waals surface area contributed by atoms with Gasteiger partial charge >= 0.3 is 5.97 Å². The Kier molecular flexibility index (Phi) is 10.3. The van der Waals surface area contributed by atoms with Crippen LogP contribution in [0.2, 0.25) is 0 Å². The van der Waals surface area contributed by atoms with Crippen LogP contribution in [0.15, 0.2) is 43.1 Å². The number of amides is 2. The van der Waals surface area contributed by atoms with Crippen molar-refractivity contribution in [2.45, 2.75) is 90.0 Å². The van der Waals surface area contributed by atoms with E-state index in [1.807, 2.05) is 58.0 Å². The maximum Gasteiger partial charge on any atom is 0.306 e. The lowest BCUT2D eigenvalue weighted by Gasteiger charge is -2.34. The third-order valence-corrected chi connectivity index (χ3v) is 12.7. The van der Waals surface area contributed by atoms with Gasteiger partial charge in [0.1, 0.15) is 11.9 Å². The minimum Gasteiger partial charge on any atom is -0.496 e. The van der Waals surface area contributed by atoms with Gasteiger partial charge in [-0.1, -0.05) is 45.9 Å². The molecule has 0 unspecified atom stereocenters. The number of nitrogens with one attached hydrogen (secondary N) is 1. The lowest BCUT2D eigenvalue weighted by atomic mass is 9.77. The third kappa shape index (κ3) is 7.74. The van der Waals surface area contributed by atoms with Crippen LogP contribution in [0.1, 0.15) is 78.2 Å². The topological polar surface area (TPSA) is 158 Å². The van der Waals surface area contributed by atoms with E-state index < -0.39 is 67.9 Å². The highest BCUT2D eigenvalue weighted by molar-refractivity contribution is 7.90. The summed E-state index contributed by atoms with van der Waals surface area (Å²) >= 11 is 0. The van der Waals surface area contributed by atoms with Crippen molar-refractivity contribution in [1.82, 2.24) is 14.6 Å². The molecule has 3 fully saturated rings. The van der Waals surface area contributed by atoms with E-state index >= 15 is 0 Å². The number of methoxy groups -OCH3 is 1. The van der Waals surface area contributed by atoms with Gasteiger partial charge < -0.3 is 19.1 Å². The number of ether oxygens (including phenoxy) is 3. The van der Waals surface area contributed by atoms with Crippen molar-refractivity contribution in [3.8, 4) is 11.6 Å². The number of carbonyl (C=O) groups is 4. The van der Waals surface area contributed by atoms with Crippen molar-refractivity contribution < 1.29 is 41.8 Å². The lowest BCUT2D eigenvalue weighted by Crippen LogP contribution is -2.48. The summed E-state index contributed by atoms with van der Waals surface area (Å²) in [5, 5.41) is 0.952. The van der Waals surface area contributed by atoms with Crippen LogP contribution >= 0.6 is 0 Å². The largest absolute Gasteiger partial charge is 0.496 e. The maximum atomic E-state index is 14.6. The minimum atomic E-state index is -3.85. The second-order valence-corrected chi connectivity index (χ2v) is 17.9. The molecular weight excluding hydrogens is 687 g/mol. The van der Waals surface area contributed by atoms with Gasteiger partial charge in [-0.2, -0.15) is 0 Å². The average Bonchev–Trinajstić information content (AvgIpc) is 4.02. The summed E-state index contributed by atoms with van der Waals surface area (Å²) in [6, 6.07) is 4.68. The highest BCUT2D eigenvalue weighted by Crippen LogP contribution is 2.57. The first-order valence-electron chi connectivity index (χ1n) is 18.0. The van der Waals surface area contributed by atoms with Crippen LogP contribution in [0.4, 0.5) is 0 Å². The van der Waals surface area contributed by atoms with Crippen molar-refractivity contribution in [3.05, 3.63) is 48.7 Å². The number of nitrogens with zero attached hydrogens (tertiary/aromatic N) is 2. The SMILES string of the molecule is C=C[C@@H]1C[C@]1(CC(=O)[C@@H]1C[C@@H]2CN1C(=O)[C@H](C(C)(C)C)CC(=O)OC[C@H](C)C/C=C/c1cc3c(nccc3cc1OC)O2)C(=O)NS(=O)(=O)C1CC1. The molecular formula is C39H49N3O9S. The molecule has 6 atom stereocenters. The van der Waals surface area contributed by atoms with Gasteiger partial charge in [0.25, 0.3) is 0 Å². The average molecular weight is 736 g/mol. The Labute approximate surface area is 305 Å². The first-order valence-corrected chi connectivity index (χ1v) is 19.6. The molecule has 4 aliphatic rings. The van der Waals surface area contributed by atoms with Gasteiger partial charge in [-0.05, 0) is 66.5 Å². The van der Waals surface area contributed by atoms with Gasteiger partial charge in [0.05, 0.1) is 49.3 Å². The number of pyridine rings is 1. The minimum absolute atomic E-state index is 0.00169. The smallest absolute Gasteiger partial charge is 0.306 e. The van der Waals surface area contributed by atoms with E-state index in [0.29, 0.717) is 30.9 Å². The molecule has 0 spiro atoms. The van der Waals surface area contributed by atoms with E-state index in [1.165, 1.54) is 4.90 Å². The Bertz CT molecular complexity index is 1910. The molecule has 3 heterocycles. The molecule has 52 heavy (non-hydrogen) atoms. The number of benzene rings is 1. The zero-order valence-corrected chi connectivity index (χ0v) is 31.4. The summed E-state index contributed by atoms with van der Waals surface area (Å²) in [7, 11) is -2.25. The van der Waals surface area contributed by atoms with Crippen molar-refractivity contribution >= 4 is 50.4 Å². The Morgan fingerprint density at radius 2 is 1.96 bits per heavy atom. The quantitative estimate of drug-likeness (QED) is 0.289. The molecule has 6 rings (SSSR count). The number of hydrogen-bond donors (Lipinski definition) is 1. The third-order valence-electron chi connectivity index (χ3n) is 10.9. The number of allylic oxidation sites excluding steroid dienone is 2. The number of carbonyl (C=O) groups excluding carboxylic acids is 4. The van der Waals surface area contributed by atoms with Crippen molar-refractivity contribution in [2.24, 2.45) is 28.6 Å². The molecule has 2 saturated carbocycles. The first-order chi connectivity index (χ1) is 24.6. The molecule has 13 heteroatoms. The molecule has 4 bridgehead atoms. The van der Waals surface area contributed by atoms with E-state index in [2.05, 4.69) is 16.3 Å². The van der Waals surface area contributed by atoms with Gasteiger partial charge in [-0.25, -0.2) is 13.4 Å². The van der Waals surface area contributed by atoms with Crippen LogP contribution in [0, 0.1) is 28.6 Å². The van der Waals surface area contributed by atoms with Gasteiger partial charge in [0.15, 0.2) is 5.78 Å². The Morgan fingerprint density at radius 1 is 1.21 bits per heavy atom. The lowest BCUT2D eigenvalue weighted by molar-refractivity contribution is -0.154. The van der Waals surface area contributed by atoms with Gasteiger partial charge in [0, 0.05) is 30.0 Å². The van der Waals surface area contributed by atoms with E-state index in [1.54, 1.807) is 19.4 Å². The molecule has 1 saturated heterocycles. The molecule has 2 aliphatic heterocycles. The monoisotopic (exact) mass is 735 g/mol. The number of rotatable bonds is 8. The predicted octanol–water partition coefficient (Wildman–Crippen LogP) is 5.00. The Balaban J connectivity index is 1.36. The van der Waals surface area contributed by atoms with Gasteiger partial charge in [-0.15, -0.1) is 6.58 Å². The highest BCUT2D eigenvalue weighted by Gasteiger charge is 2.61. The van der Waals surface area contributed by atoms with Crippen LogP contribution in [0.5, 0.6) is 11.6 Å². The molecule has 1 aromatic heterocycles. The molecule has 1 aromatic carbocycles. The maximum absolute atomic E-state index is 14.6. The molecule has 0 radical (unpaired) electrons. The molecule has 1 N–H and O–H groups in total. The number of fused-ring (bicyclic) bond motifs is 3. The summed E-state index contributed by atoms with van der Waals surface area (Å²) in [5.74, 6) is -2.24. The summed E-state index contributed by atoms with van der Waals surface area (Å²) in [6.07, 6.45) is 8.02. The summed E-state index contributed by atoms with van der Waals surface area (Å²) < 4.78 is 45.5. The fourth-order valence-electron chi connectivity index (χ4n) is 7.41. The number of cyclic esters (lactones) is 1. The summed E-state index contributed by atoms with van der Waals surface area (Å²) in [6.45, 7) is 11.6. The molecule has 2 aliphatic carbocycles. The van der Waals surface area contributed by atoms with E-state index in [9.17, 15) is 27.6 Å². The number of Topliss-reactive ketones (excluding diaryl/α,β-unsaturated/α-hetero) is 1. The number of esters is 1. The van der Waals surface area contributed by atoms with Crippen LogP contribution < -0.4 is 14.2 Å². The molecule has 280 valence electrons.